The molecule has 0 aliphatic heterocycles. The third-order valence-electron chi connectivity index (χ3n) is 4.10. The first-order chi connectivity index (χ1) is 13.6. The van der Waals surface area contributed by atoms with Crippen molar-refractivity contribution in [3.05, 3.63) is 59.7 Å². The van der Waals surface area contributed by atoms with Crippen LogP contribution in [0, 0.1) is 11.6 Å². The highest BCUT2D eigenvalue weighted by Gasteiger charge is 2.22. The van der Waals surface area contributed by atoms with E-state index in [1.165, 1.54) is 0 Å². The minimum Gasteiger partial charge on any atom is -0.491 e. The summed E-state index contributed by atoms with van der Waals surface area (Å²) >= 11 is 0. The van der Waals surface area contributed by atoms with E-state index in [1.54, 1.807) is 0 Å². The molecule has 1 amide bonds. The molecule has 0 bridgehead atoms. The maximum Gasteiger partial charge on any atom is 0.240 e. The number of amides is 1. The van der Waals surface area contributed by atoms with Gasteiger partial charge in [-0.3, -0.25) is 9.10 Å². The number of nitrogens with zero attached hydrogens (tertiary/aromatic N) is 1. The molecule has 9 heteroatoms. The fourth-order valence-electron chi connectivity index (χ4n) is 2.67. The molecule has 0 radical (unpaired) electrons. The number of ether oxygens (including phenoxy) is 1. The minimum atomic E-state index is -3.88. The zero-order valence-corrected chi connectivity index (χ0v) is 17.3. The molecule has 0 spiro atoms. The summed E-state index contributed by atoms with van der Waals surface area (Å²) in [6.45, 7) is 3.87. The lowest BCUT2D eigenvalue weighted by Crippen LogP contribution is -2.41. The Labute approximate surface area is 169 Å². The number of nitrogens with one attached hydrogen (secondary N) is 1. The average Bonchev–Trinajstić information content (AvgIpc) is 2.65. The molecule has 158 valence electrons. The van der Waals surface area contributed by atoms with Crippen LogP contribution in [0.1, 0.15) is 25.3 Å². The number of carbonyl (C=O) groups excluding carboxylic acids is 1. The fraction of sp³-hybridized carbons (Fsp3) is 0.350. The summed E-state index contributed by atoms with van der Waals surface area (Å²) in [4.78, 5) is 12.2. The Kier molecular flexibility index (Phi) is 7.55. The summed E-state index contributed by atoms with van der Waals surface area (Å²) in [6, 6.07) is 10.2. The topological polar surface area (TPSA) is 75.7 Å². The van der Waals surface area contributed by atoms with Crippen LogP contribution in [-0.4, -0.2) is 40.3 Å². The first-order valence-corrected chi connectivity index (χ1v) is 10.9. The number of sulfonamides is 1. The van der Waals surface area contributed by atoms with E-state index in [-0.39, 0.29) is 24.8 Å². The molecule has 0 atom stereocenters. The van der Waals surface area contributed by atoms with Crippen molar-refractivity contribution in [3.63, 3.8) is 0 Å². The lowest BCUT2D eigenvalue weighted by Gasteiger charge is -2.22. The number of hydrogen-bond donors (Lipinski definition) is 1. The molecule has 0 unspecified atom stereocenters. The van der Waals surface area contributed by atoms with Crippen LogP contribution >= 0.6 is 0 Å². The van der Waals surface area contributed by atoms with Crippen LogP contribution in [-0.2, 0) is 14.8 Å². The van der Waals surface area contributed by atoms with Crippen molar-refractivity contribution in [2.45, 2.75) is 19.8 Å². The average molecular weight is 426 g/mol. The van der Waals surface area contributed by atoms with Gasteiger partial charge in [-0.1, -0.05) is 32.0 Å². The first kappa shape index (κ1) is 22.6. The number of hydrogen-bond acceptors (Lipinski definition) is 4. The van der Waals surface area contributed by atoms with Crippen LogP contribution in [0.3, 0.4) is 0 Å². The van der Waals surface area contributed by atoms with E-state index in [9.17, 15) is 22.0 Å². The molecule has 2 rings (SSSR count). The summed E-state index contributed by atoms with van der Waals surface area (Å²) in [5, 5.41) is 2.56. The normalized spacial score (nSPS) is 11.4. The SMILES string of the molecule is CC(C)c1ccccc1OCCNC(=O)CN(c1ccc(F)c(F)c1)S(C)(=O)=O. The molecule has 29 heavy (non-hydrogen) atoms. The summed E-state index contributed by atoms with van der Waals surface area (Å²) in [7, 11) is -3.88. The molecule has 2 aromatic rings. The molecule has 0 aliphatic rings. The van der Waals surface area contributed by atoms with Crippen LogP contribution < -0.4 is 14.4 Å². The standard InChI is InChI=1S/C20H24F2N2O4S/c1-14(2)16-6-4-5-7-19(16)28-11-10-23-20(25)13-24(29(3,26)27)15-8-9-17(21)18(22)12-15/h4-9,12,14H,10-11,13H2,1-3H3,(H,23,25). The van der Waals surface area contributed by atoms with Crippen molar-refractivity contribution in [3.8, 4) is 5.75 Å². The third kappa shape index (κ3) is 6.42. The van der Waals surface area contributed by atoms with Gasteiger partial charge in [-0.25, -0.2) is 17.2 Å². The van der Waals surface area contributed by atoms with Crippen molar-refractivity contribution in [1.82, 2.24) is 5.32 Å². The van der Waals surface area contributed by atoms with E-state index < -0.39 is 34.1 Å². The van der Waals surface area contributed by atoms with Crippen molar-refractivity contribution >= 4 is 21.6 Å². The van der Waals surface area contributed by atoms with Gasteiger partial charge in [0.25, 0.3) is 0 Å². The second-order valence-electron chi connectivity index (χ2n) is 6.76. The predicted octanol–water partition coefficient (Wildman–Crippen LogP) is 3.05. The smallest absolute Gasteiger partial charge is 0.240 e. The maximum atomic E-state index is 13.5. The Bertz CT molecular complexity index is 965. The van der Waals surface area contributed by atoms with Gasteiger partial charge < -0.3 is 10.1 Å². The Hall–Kier alpha value is -2.68. The van der Waals surface area contributed by atoms with Gasteiger partial charge in [0.2, 0.25) is 15.9 Å². The van der Waals surface area contributed by atoms with E-state index in [0.29, 0.717) is 4.31 Å². The number of para-hydroxylation sites is 1. The van der Waals surface area contributed by atoms with Gasteiger partial charge in [0, 0.05) is 6.07 Å². The molecule has 6 nitrogen and oxygen atoms in total. The van der Waals surface area contributed by atoms with Crippen LogP contribution in [0.4, 0.5) is 14.5 Å². The Balaban J connectivity index is 1.95. The highest BCUT2D eigenvalue weighted by molar-refractivity contribution is 7.92. The van der Waals surface area contributed by atoms with Crippen molar-refractivity contribution in [2.75, 3.05) is 30.3 Å². The molecule has 0 saturated carbocycles. The molecule has 0 aromatic heterocycles. The highest BCUT2D eigenvalue weighted by atomic mass is 32.2. The lowest BCUT2D eigenvalue weighted by molar-refractivity contribution is -0.119. The van der Waals surface area contributed by atoms with Crippen molar-refractivity contribution in [1.29, 1.82) is 0 Å². The van der Waals surface area contributed by atoms with Gasteiger partial charge in [0.1, 0.15) is 18.9 Å². The van der Waals surface area contributed by atoms with Gasteiger partial charge in [0.05, 0.1) is 18.5 Å². The largest absolute Gasteiger partial charge is 0.491 e. The number of carbonyl (C=O) groups is 1. The van der Waals surface area contributed by atoms with Crippen LogP contribution in [0.2, 0.25) is 0 Å². The van der Waals surface area contributed by atoms with Crippen molar-refractivity contribution < 1.29 is 26.7 Å². The molecule has 1 N–H and O–H groups in total. The van der Waals surface area contributed by atoms with Gasteiger partial charge >= 0.3 is 0 Å². The predicted molar refractivity (Wildman–Crippen MR) is 108 cm³/mol. The molecule has 0 saturated heterocycles. The third-order valence-corrected chi connectivity index (χ3v) is 5.24. The number of halogens is 2. The summed E-state index contributed by atoms with van der Waals surface area (Å²) in [5.41, 5.74) is 0.907. The van der Waals surface area contributed by atoms with E-state index in [1.807, 2.05) is 38.1 Å². The van der Waals surface area contributed by atoms with Gasteiger partial charge in [-0.2, -0.15) is 0 Å². The number of benzene rings is 2. The molecular formula is C20H24F2N2O4S. The summed E-state index contributed by atoms with van der Waals surface area (Å²) in [6.07, 6.45) is 0.882. The second kappa shape index (κ2) is 9.69. The zero-order chi connectivity index (χ0) is 21.6. The Morgan fingerprint density at radius 3 is 2.45 bits per heavy atom. The highest BCUT2D eigenvalue weighted by Crippen LogP contribution is 2.25. The molecule has 0 aliphatic carbocycles. The summed E-state index contributed by atoms with van der Waals surface area (Å²) < 4.78 is 56.9. The molecule has 2 aromatic carbocycles. The van der Waals surface area contributed by atoms with Crippen molar-refractivity contribution in [2.24, 2.45) is 0 Å². The zero-order valence-electron chi connectivity index (χ0n) is 16.5. The van der Waals surface area contributed by atoms with Gasteiger partial charge in [-0.15, -0.1) is 0 Å². The van der Waals surface area contributed by atoms with Crippen LogP contribution in [0.5, 0.6) is 5.75 Å². The van der Waals surface area contributed by atoms with E-state index in [4.69, 9.17) is 4.74 Å². The van der Waals surface area contributed by atoms with Crippen LogP contribution in [0.15, 0.2) is 42.5 Å². The number of anilines is 1. The minimum absolute atomic E-state index is 0.135. The summed E-state index contributed by atoms with van der Waals surface area (Å²) in [5.74, 6) is -1.91. The quantitative estimate of drug-likeness (QED) is 0.626. The van der Waals surface area contributed by atoms with E-state index >= 15 is 0 Å². The van der Waals surface area contributed by atoms with Gasteiger partial charge in [-0.05, 0) is 29.7 Å². The Morgan fingerprint density at radius 1 is 1.14 bits per heavy atom. The molecule has 0 fully saturated rings. The molecular weight excluding hydrogens is 402 g/mol. The number of rotatable bonds is 9. The second-order valence-corrected chi connectivity index (χ2v) is 8.67. The Morgan fingerprint density at radius 2 is 1.83 bits per heavy atom. The lowest BCUT2D eigenvalue weighted by atomic mass is 10.0. The van der Waals surface area contributed by atoms with Crippen LogP contribution in [0.25, 0.3) is 0 Å². The fourth-order valence-corrected chi connectivity index (χ4v) is 3.52. The monoisotopic (exact) mass is 426 g/mol. The van der Waals surface area contributed by atoms with E-state index in [2.05, 4.69) is 5.32 Å². The molecule has 0 heterocycles. The van der Waals surface area contributed by atoms with Gasteiger partial charge in [0.15, 0.2) is 11.6 Å². The van der Waals surface area contributed by atoms with E-state index in [0.717, 1.165) is 35.8 Å². The maximum absolute atomic E-state index is 13.5. The first-order valence-electron chi connectivity index (χ1n) is 9.00.